The molecule has 2 aromatic rings. The largest absolute Gasteiger partial charge is 0.465 e. The molecule has 3 rings (SSSR count). The number of esters is 1. The minimum atomic E-state index is -0.524. The fourth-order valence-electron chi connectivity index (χ4n) is 3.24. The van der Waals surface area contributed by atoms with E-state index in [0.717, 1.165) is 16.8 Å². The number of rotatable bonds is 4. The first-order chi connectivity index (χ1) is 13.3. The Labute approximate surface area is 168 Å². The third-order valence-electron chi connectivity index (χ3n) is 5.01. The summed E-state index contributed by atoms with van der Waals surface area (Å²) in [5, 5.41) is 3.04. The number of halogens is 1. The molecule has 1 atom stereocenters. The highest BCUT2D eigenvalue weighted by Gasteiger charge is 2.36. The second-order valence-corrected chi connectivity index (χ2v) is 7.21. The molecular weight excluding hydrogens is 380 g/mol. The number of benzene rings is 2. The van der Waals surface area contributed by atoms with E-state index >= 15 is 0 Å². The first-order valence-corrected chi connectivity index (χ1v) is 9.25. The van der Waals surface area contributed by atoms with Crippen molar-refractivity contribution in [3.63, 3.8) is 0 Å². The van der Waals surface area contributed by atoms with E-state index in [1.165, 1.54) is 25.3 Å². The van der Waals surface area contributed by atoms with Gasteiger partial charge in [0.25, 0.3) is 0 Å². The average Bonchev–Trinajstić information content (AvgIpc) is 3.06. The SMILES string of the molecule is COC(=O)c1ccc(Cl)c(NC(=O)C2CC(=O)N(c3cccc(C)c3C)C2)c1. The Morgan fingerprint density at radius 3 is 2.68 bits per heavy atom. The van der Waals surface area contributed by atoms with Crippen molar-refractivity contribution in [3.05, 3.63) is 58.1 Å². The van der Waals surface area contributed by atoms with Gasteiger partial charge in [0.05, 0.1) is 29.3 Å². The van der Waals surface area contributed by atoms with Crippen LogP contribution in [0.4, 0.5) is 11.4 Å². The molecule has 1 aliphatic rings. The lowest BCUT2D eigenvalue weighted by atomic mass is 10.1. The van der Waals surface area contributed by atoms with Gasteiger partial charge in [0, 0.05) is 18.7 Å². The number of carbonyl (C=O) groups excluding carboxylic acids is 3. The van der Waals surface area contributed by atoms with Crippen LogP contribution in [0.15, 0.2) is 36.4 Å². The van der Waals surface area contributed by atoms with Gasteiger partial charge in [-0.25, -0.2) is 4.79 Å². The molecule has 6 nitrogen and oxygen atoms in total. The van der Waals surface area contributed by atoms with Gasteiger partial charge in [-0.05, 0) is 49.2 Å². The monoisotopic (exact) mass is 400 g/mol. The van der Waals surface area contributed by atoms with Gasteiger partial charge < -0.3 is 15.0 Å². The molecule has 0 radical (unpaired) electrons. The van der Waals surface area contributed by atoms with Crippen LogP contribution in [-0.4, -0.2) is 31.4 Å². The van der Waals surface area contributed by atoms with Gasteiger partial charge in [0.15, 0.2) is 0 Å². The predicted molar refractivity (Wildman–Crippen MR) is 108 cm³/mol. The van der Waals surface area contributed by atoms with E-state index < -0.39 is 11.9 Å². The van der Waals surface area contributed by atoms with E-state index in [1.54, 1.807) is 4.90 Å². The molecule has 0 aromatic heterocycles. The van der Waals surface area contributed by atoms with Crippen molar-refractivity contribution >= 4 is 40.8 Å². The first kappa shape index (κ1) is 19.9. The zero-order chi connectivity index (χ0) is 20.4. The third-order valence-corrected chi connectivity index (χ3v) is 5.34. The molecule has 1 fully saturated rings. The number of carbonyl (C=O) groups is 3. The summed E-state index contributed by atoms with van der Waals surface area (Å²) in [6.07, 6.45) is 0.119. The van der Waals surface area contributed by atoms with Gasteiger partial charge in [-0.1, -0.05) is 23.7 Å². The highest BCUT2D eigenvalue weighted by atomic mass is 35.5. The fraction of sp³-hybridized carbons (Fsp3) is 0.286. The van der Waals surface area contributed by atoms with E-state index in [2.05, 4.69) is 10.1 Å². The molecule has 0 bridgehead atoms. The van der Waals surface area contributed by atoms with E-state index in [-0.39, 0.29) is 23.8 Å². The van der Waals surface area contributed by atoms with Gasteiger partial charge in [0.2, 0.25) is 11.8 Å². The molecule has 0 aliphatic carbocycles. The van der Waals surface area contributed by atoms with Crippen molar-refractivity contribution in [2.45, 2.75) is 20.3 Å². The average molecular weight is 401 g/mol. The molecule has 0 spiro atoms. The van der Waals surface area contributed by atoms with E-state index in [0.29, 0.717) is 17.3 Å². The van der Waals surface area contributed by atoms with E-state index in [1.807, 2.05) is 32.0 Å². The van der Waals surface area contributed by atoms with Gasteiger partial charge in [-0.15, -0.1) is 0 Å². The molecule has 0 saturated carbocycles. The quantitative estimate of drug-likeness (QED) is 0.793. The van der Waals surface area contributed by atoms with Gasteiger partial charge >= 0.3 is 5.97 Å². The molecule has 1 N–H and O–H groups in total. The number of ether oxygens (including phenoxy) is 1. The molecule has 146 valence electrons. The molecule has 1 heterocycles. The van der Waals surface area contributed by atoms with Crippen molar-refractivity contribution in [2.75, 3.05) is 23.9 Å². The number of hydrogen-bond acceptors (Lipinski definition) is 4. The van der Waals surface area contributed by atoms with Crippen LogP contribution in [-0.2, 0) is 14.3 Å². The van der Waals surface area contributed by atoms with Crippen LogP contribution in [0.5, 0.6) is 0 Å². The summed E-state index contributed by atoms with van der Waals surface area (Å²) < 4.78 is 4.69. The van der Waals surface area contributed by atoms with Crippen LogP contribution in [0.25, 0.3) is 0 Å². The lowest BCUT2D eigenvalue weighted by Crippen LogP contribution is -2.28. The van der Waals surface area contributed by atoms with Gasteiger partial charge in [-0.3, -0.25) is 9.59 Å². The highest BCUT2D eigenvalue weighted by molar-refractivity contribution is 6.34. The molecule has 1 aliphatic heterocycles. The van der Waals surface area contributed by atoms with Crippen molar-refractivity contribution < 1.29 is 19.1 Å². The molecule has 28 heavy (non-hydrogen) atoms. The normalized spacial score (nSPS) is 16.2. The van der Waals surface area contributed by atoms with Crippen LogP contribution in [0.2, 0.25) is 5.02 Å². The number of methoxy groups -OCH3 is 1. The molecule has 1 saturated heterocycles. The number of aryl methyl sites for hydroxylation is 1. The second-order valence-electron chi connectivity index (χ2n) is 6.80. The van der Waals surface area contributed by atoms with E-state index in [4.69, 9.17) is 11.6 Å². The van der Waals surface area contributed by atoms with Crippen LogP contribution in [0, 0.1) is 19.8 Å². The lowest BCUT2D eigenvalue weighted by Gasteiger charge is -2.20. The zero-order valence-electron chi connectivity index (χ0n) is 15.9. The maximum absolute atomic E-state index is 12.7. The Balaban J connectivity index is 1.77. The van der Waals surface area contributed by atoms with Crippen LogP contribution >= 0.6 is 11.6 Å². The van der Waals surface area contributed by atoms with Crippen LogP contribution in [0.3, 0.4) is 0 Å². The highest BCUT2D eigenvalue weighted by Crippen LogP contribution is 2.31. The summed E-state index contributed by atoms with van der Waals surface area (Å²) in [7, 11) is 1.28. The zero-order valence-corrected chi connectivity index (χ0v) is 16.7. The first-order valence-electron chi connectivity index (χ1n) is 8.87. The number of nitrogens with one attached hydrogen (secondary N) is 1. The lowest BCUT2D eigenvalue weighted by molar-refractivity contribution is -0.122. The van der Waals surface area contributed by atoms with Crippen LogP contribution in [0.1, 0.15) is 27.9 Å². The van der Waals surface area contributed by atoms with Crippen molar-refractivity contribution in [1.29, 1.82) is 0 Å². The molecular formula is C21H21ClN2O4. The third kappa shape index (κ3) is 3.87. The number of hydrogen-bond donors (Lipinski definition) is 1. The Kier molecular flexibility index (Phi) is 5.70. The minimum absolute atomic E-state index is 0.0942. The maximum atomic E-state index is 12.7. The summed E-state index contributed by atoms with van der Waals surface area (Å²) >= 11 is 6.14. The van der Waals surface area contributed by atoms with Gasteiger partial charge in [0.1, 0.15) is 0 Å². The minimum Gasteiger partial charge on any atom is -0.465 e. The summed E-state index contributed by atoms with van der Waals surface area (Å²) in [5.41, 5.74) is 3.52. The standard InChI is InChI=1S/C21H21ClN2O4/c1-12-5-4-6-18(13(12)2)24-11-15(10-19(24)25)20(26)23-17-9-14(21(27)28-3)7-8-16(17)22/h4-9,15H,10-11H2,1-3H3,(H,23,26). The van der Waals surface area contributed by atoms with Gasteiger partial charge in [-0.2, -0.15) is 0 Å². The van der Waals surface area contributed by atoms with Crippen molar-refractivity contribution in [1.82, 2.24) is 0 Å². The van der Waals surface area contributed by atoms with Crippen molar-refractivity contribution in [2.24, 2.45) is 5.92 Å². The molecule has 1 unspecified atom stereocenters. The summed E-state index contributed by atoms with van der Waals surface area (Å²) in [6.45, 7) is 4.24. The topological polar surface area (TPSA) is 75.7 Å². The molecule has 7 heteroatoms. The maximum Gasteiger partial charge on any atom is 0.337 e. The molecule has 2 amide bonds. The number of amides is 2. The Morgan fingerprint density at radius 1 is 1.21 bits per heavy atom. The predicted octanol–water partition coefficient (Wildman–Crippen LogP) is 3.74. The Hall–Kier alpha value is -2.86. The summed E-state index contributed by atoms with van der Waals surface area (Å²) in [6, 6.07) is 10.3. The van der Waals surface area contributed by atoms with E-state index in [9.17, 15) is 14.4 Å². The Morgan fingerprint density at radius 2 is 1.96 bits per heavy atom. The smallest absolute Gasteiger partial charge is 0.337 e. The van der Waals surface area contributed by atoms with Crippen LogP contribution < -0.4 is 10.2 Å². The summed E-state index contributed by atoms with van der Waals surface area (Å²) in [4.78, 5) is 38.6. The number of anilines is 2. The summed E-state index contributed by atoms with van der Waals surface area (Å²) in [5.74, 6) is -1.44. The Bertz CT molecular complexity index is 957. The van der Waals surface area contributed by atoms with Crippen molar-refractivity contribution in [3.8, 4) is 0 Å². The second kappa shape index (κ2) is 8.02. The number of nitrogens with zero attached hydrogens (tertiary/aromatic N) is 1. The molecule has 2 aromatic carbocycles. The fourth-order valence-corrected chi connectivity index (χ4v) is 3.41.